The maximum absolute atomic E-state index is 11.8. The van der Waals surface area contributed by atoms with Gasteiger partial charge in [0.25, 0.3) is 0 Å². The van der Waals surface area contributed by atoms with Gasteiger partial charge in [0.1, 0.15) is 5.54 Å². The first-order valence-electron chi connectivity index (χ1n) is 7.20. The van der Waals surface area contributed by atoms with E-state index in [1.54, 1.807) is 24.3 Å². The van der Waals surface area contributed by atoms with E-state index in [1.807, 2.05) is 36.4 Å². The molecule has 23 heavy (non-hydrogen) atoms. The monoisotopic (exact) mass is 332 g/mol. The number of nitrogens with one attached hydrogen (secondary N) is 1. The Morgan fingerprint density at radius 3 is 2.04 bits per heavy atom. The Kier molecular flexibility index (Phi) is 6.04. The highest BCUT2D eigenvalue weighted by Gasteiger charge is 2.38. The van der Waals surface area contributed by atoms with Gasteiger partial charge in [-0.25, -0.2) is 4.72 Å². The Hall–Kier alpha value is -2.02. The Bertz CT molecular complexity index is 663. The van der Waals surface area contributed by atoms with Crippen LogP contribution in [0.3, 0.4) is 0 Å². The molecule has 0 heterocycles. The van der Waals surface area contributed by atoms with Crippen LogP contribution >= 0.6 is 0 Å². The first-order valence-corrected chi connectivity index (χ1v) is 8.28. The summed E-state index contributed by atoms with van der Waals surface area (Å²) in [4.78, 5) is 11.8. The van der Waals surface area contributed by atoms with Crippen molar-refractivity contribution in [3.8, 4) is 0 Å². The molecular weight excluding hydrogens is 314 g/mol. The Labute approximate surface area is 137 Å². The second-order valence-corrected chi connectivity index (χ2v) is 6.05. The van der Waals surface area contributed by atoms with Gasteiger partial charge in [0.15, 0.2) is 0 Å². The lowest BCUT2D eigenvalue weighted by Gasteiger charge is -2.31. The summed E-state index contributed by atoms with van der Waals surface area (Å²) >= 11 is -2.67. The molecule has 0 aromatic heterocycles. The third-order valence-corrected chi connectivity index (χ3v) is 4.28. The van der Waals surface area contributed by atoms with E-state index < -0.39 is 22.8 Å². The number of carboxylic acid groups (broad SMARTS) is 1. The van der Waals surface area contributed by atoms with E-state index in [4.69, 9.17) is 0 Å². The predicted molar refractivity (Wildman–Crippen MR) is 87.3 cm³/mol. The maximum atomic E-state index is 11.8. The van der Waals surface area contributed by atoms with E-state index in [0.717, 1.165) is 11.1 Å². The zero-order valence-electron chi connectivity index (χ0n) is 12.5. The highest BCUT2D eigenvalue weighted by atomic mass is 32.2. The highest BCUT2D eigenvalue weighted by molar-refractivity contribution is 7.77. The van der Waals surface area contributed by atoms with Crippen molar-refractivity contribution in [2.75, 3.05) is 0 Å². The molecule has 2 N–H and O–H groups in total. The van der Waals surface area contributed by atoms with E-state index in [1.165, 1.54) is 0 Å². The molecule has 0 spiro atoms. The fourth-order valence-electron chi connectivity index (χ4n) is 2.51. The van der Waals surface area contributed by atoms with Crippen LogP contribution in [0, 0.1) is 0 Å². The number of rotatable bonds is 8. The van der Waals surface area contributed by atoms with Crippen molar-refractivity contribution in [1.82, 2.24) is 4.72 Å². The summed E-state index contributed by atoms with van der Waals surface area (Å²) in [6.07, 6.45) is 0.712. The van der Waals surface area contributed by atoms with Gasteiger partial charge in [-0.1, -0.05) is 60.7 Å². The van der Waals surface area contributed by atoms with E-state index in [0.29, 0.717) is 6.42 Å². The summed E-state index contributed by atoms with van der Waals surface area (Å²) < 4.78 is 24.5. The first kappa shape index (κ1) is 17.3. The Morgan fingerprint density at radius 1 is 1.04 bits per heavy atom. The summed E-state index contributed by atoms with van der Waals surface area (Å²) in [5.74, 6) is -1.18. The van der Waals surface area contributed by atoms with Crippen molar-refractivity contribution >= 4 is 17.2 Å². The van der Waals surface area contributed by atoms with Crippen molar-refractivity contribution in [3.05, 3.63) is 71.8 Å². The molecule has 2 atom stereocenters. The molecule has 1 unspecified atom stereocenters. The minimum absolute atomic E-state index is 0.0873. The summed E-state index contributed by atoms with van der Waals surface area (Å²) in [6.45, 7) is 0. The minimum atomic E-state index is -2.67. The van der Waals surface area contributed by atoms with Crippen molar-refractivity contribution in [2.45, 2.75) is 24.8 Å². The quantitative estimate of drug-likeness (QED) is 0.724. The van der Waals surface area contributed by atoms with Crippen molar-refractivity contribution in [1.29, 1.82) is 0 Å². The minimum Gasteiger partial charge on any atom is -0.760 e. The molecule has 122 valence electrons. The molecule has 0 radical (unpaired) electrons. The third-order valence-electron chi connectivity index (χ3n) is 3.72. The van der Waals surface area contributed by atoms with Gasteiger partial charge < -0.3 is 9.66 Å². The number of aryl methyl sites for hydroxylation is 1. The number of benzene rings is 2. The van der Waals surface area contributed by atoms with Crippen LogP contribution in [0.4, 0.5) is 0 Å². The number of carbonyl (C=O) groups is 1. The second-order valence-electron chi connectivity index (χ2n) is 5.37. The molecule has 0 aliphatic carbocycles. The van der Waals surface area contributed by atoms with Gasteiger partial charge in [0, 0.05) is 17.7 Å². The number of hydrogen-bond acceptors (Lipinski definition) is 3. The van der Waals surface area contributed by atoms with Gasteiger partial charge in [-0.05, 0) is 24.0 Å². The third kappa shape index (κ3) is 4.99. The predicted octanol–water partition coefficient (Wildman–Crippen LogP) is 2.07. The van der Waals surface area contributed by atoms with Crippen LogP contribution in [0.5, 0.6) is 0 Å². The topological polar surface area (TPSA) is 89.5 Å². The normalized spacial score (nSPS) is 14.8. The fourth-order valence-corrected chi connectivity index (χ4v) is 3.09. The molecule has 0 saturated carbocycles. The first-order chi connectivity index (χ1) is 11.0. The molecule has 0 fully saturated rings. The van der Waals surface area contributed by atoms with Crippen molar-refractivity contribution in [3.63, 3.8) is 0 Å². The molecule has 0 bridgehead atoms. The van der Waals surface area contributed by atoms with E-state index in [-0.39, 0.29) is 12.8 Å². The van der Waals surface area contributed by atoms with Gasteiger partial charge in [-0.15, -0.1) is 0 Å². The average Bonchev–Trinajstić information content (AvgIpc) is 2.54. The standard InChI is InChI=1S/C17H19NO4S/c19-16(20)17(18-23(21)22,13-15-9-5-2-6-10-15)12-11-14-7-3-1-4-8-14/h1-10,18H,11-13H2,(H,19,20)(H,21,22)/p-1/t17-/m1/s1. The molecule has 0 aliphatic heterocycles. The summed E-state index contributed by atoms with van der Waals surface area (Å²) in [7, 11) is 0. The molecule has 0 amide bonds. The van der Waals surface area contributed by atoms with Crippen LogP contribution in [0.1, 0.15) is 17.5 Å². The van der Waals surface area contributed by atoms with Crippen LogP contribution in [0.15, 0.2) is 60.7 Å². The Morgan fingerprint density at radius 2 is 1.57 bits per heavy atom. The van der Waals surface area contributed by atoms with Crippen molar-refractivity contribution < 1.29 is 18.7 Å². The number of aliphatic carboxylic acids is 1. The van der Waals surface area contributed by atoms with Crippen LogP contribution in [0.2, 0.25) is 0 Å². The van der Waals surface area contributed by atoms with Gasteiger partial charge in [0.05, 0.1) is 0 Å². The van der Waals surface area contributed by atoms with Crippen molar-refractivity contribution in [2.24, 2.45) is 0 Å². The SMILES string of the molecule is O=C(O)[C@@](CCc1ccccc1)(Cc1ccccc1)NS(=O)[O-]. The summed E-state index contributed by atoms with van der Waals surface area (Å²) in [6, 6.07) is 18.4. The van der Waals surface area contributed by atoms with E-state index in [9.17, 15) is 18.7 Å². The van der Waals surface area contributed by atoms with Gasteiger partial charge in [0.2, 0.25) is 0 Å². The maximum Gasteiger partial charge on any atom is 0.325 e. The van der Waals surface area contributed by atoms with Gasteiger partial charge >= 0.3 is 5.97 Å². The number of carboxylic acids is 1. The fraction of sp³-hybridized carbons (Fsp3) is 0.235. The summed E-state index contributed by atoms with van der Waals surface area (Å²) in [5, 5.41) is 9.68. The lowest BCUT2D eigenvalue weighted by molar-refractivity contribution is -0.144. The van der Waals surface area contributed by atoms with E-state index >= 15 is 0 Å². The zero-order chi connectivity index (χ0) is 16.7. The number of hydrogen-bond donors (Lipinski definition) is 2. The molecule has 2 rings (SSSR count). The largest absolute Gasteiger partial charge is 0.760 e. The molecule has 5 nitrogen and oxygen atoms in total. The van der Waals surface area contributed by atoms with Crippen LogP contribution in [0.25, 0.3) is 0 Å². The molecule has 0 saturated heterocycles. The van der Waals surface area contributed by atoms with Crippen LogP contribution < -0.4 is 4.72 Å². The molecule has 2 aromatic carbocycles. The van der Waals surface area contributed by atoms with Gasteiger partial charge in [-0.3, -0.25) is 9.00 Å². The Balaban J connectivity index is 2.25. The second kappa shape index (κ2) is 8.01. The lowest BCUT2D eigenvalue weighted by Crippen LogP contribution is -2.54. The lowest BCUT2D eigenvalue weighted by atomic mass is 9.86. The highest BCUT2D eigenvalue weighted by Crippen LogP contribution is 2.21. The summed E-state index contributed by atoms with van der Waals surface area (Å²) in [5.41, 5.74) is 0.162. The molecule has 6 heteroatoms. The van der Waals surface area contributed by atoms with Crippen LogP contribution in [-0.2, 0) is 28.9 Å². The molecule has 2 aromatic rings. The molecular formula is C17H18NO4S-. The smallest absolute Gasteiger partial charge is 0.325 e. The zero-order valence-corrected chi connectivity index (χ0v) is 13.3. The van der Waals surface area contributed by atoms with E-state index in [2.05, 4.69) is 4.72 Å². The molecule has 0 aliphatic rings. The van der Waals surface area contributed by atoms with Gasteiger partial charge in [-0.2, -0.15) is 0 Å². The van der Waals surface area contributed by atoms with Crippen LogP contribution in [-0.4, -0.2) is 25.4 Å². The average molecular weight is 332 g/mol.